The van der Waals surface area contributed by atoms with Crippen LogP contribution in [0.1, 0.15) is 32.3 Å². The Hall–Kier alpha value is -1.95. The van der Waals surface area contributed by atoms with Crippen molar-refractivity contribution in [2.45, 2.75) is 33.2 Å². The largest absolute Gasteiger partial charge is 0.497 e. The first-order valence-corrected chi connectivity index (χ1v) is 9.93. The van der Waals surface area contributed by atoms with Crippen molar-refractivity contribution in [2.75, 3.05) is 47.4 Å². The summed E-state index contributed by atoms with van der Waals surface area (Å²) in [4.78, 5) is 6.91. The van der Waals surface area contributed by atoms with E-state index in [0.29, 0.717) is 6.54 Å². The van der Waals surface area contributed by atoms with Gasteiger partial charge in [-0.15, -0.1) is 0 Å². The Kier molecular flexibility index (Phi) is 8.72. The van der Waals surface area contributed by atoms with Gasteiger partial charge < -0.3 is 25.0 Å². The number of rotatable bonds is 8. The van der Waals surface area contributed by atoms with Crippen LogP contribution in [0.25, 0.3) is 0 Å². The summed E-state index contributed by atoms with van der Waals surface area (Å²) in [6.45, 7) is 9.89. The van der Waals surface area contributed by atoms with Crippen LogP contribution in [0.3, 0.4) is 0 Å². The van der Waals surface area contributed by atoms with Crippen LogP contribution in [0.2, 0.25) is 0 Å². The summed E-state index contributed by atoms with van der Waals surface area (Å²) in [6.07, 6.45) is 2.48. The predicted octanol–water partition coefficient (Wildman–Crippen LogP) is 2.74. The molecule has 0 spiro atoms. The van der Waals surface area contributed by atoms with Crippen molar-refractivity contribution in [3.8, 4) is 11.5 Å². The fraction of sp³-hybridized carbons (Fsp3) is 0.667. The van der Waals surface area contributed by atoms with E-state index in [1.807, 2.05) is 18.2 Å². The molecule has 2 atom stereocenters. The third kappa shape index (κ3) is 6.94. The lowest BCUT2D eigenvalue weighted by molar-refractivity contribution is 0.140. The molecule has 2 unspecified atom stereocenters. The minimum absolute atomic E-state index is 0.647. The number of nitrogens with zero attached hydrogens (tertiary/aromatic N) is 2. The van der Waals surface area contributed by atoms with E-state index in [9.17, 15) is 0 Å². The molecule has 0 aromatic heterocycles. The first-order valence-electron chi connectivity index (χ1n) is 9.93. The summed E-state index contributed by atoms with van der Waals surface area (Å²) < 4.78 is 10.7. The quantitative estimate of drug-likeness (QED) is 0.415. The Morgan fingerprint density at radius 1 is 1.15 bits per heavy atom. The molecule has 0 aliphatic carbocycles. The Morgan fingerprint density at radius 2 is 1.89 bits per heavy atom. The van der Waals surface area contributed by atoms with Gasteiger partial charge in [0.2, 0.25) is 0 Å². The van der Waals surface area contributed by atoms with Gasteiger partial charge in [0, 0.05) is 44.9 Å². The van der Waals surface area contributed by atoms with Gasteiger partial charge in [-0.05, 0) is 43.4 Å². The second kappa shape index (κ2) is 11.0. The molecule has 0 saturated carbocycles. The minimum Gasteiger partial charge on any atom is -0.497 e. The van der Waals surface area contributed by atoms with Crippen LogP contribution in [0, 0.1) is 11.8 Å². The number of guanidine groups is 1. The number of aliphatic imine (C=N–C) groups is 1. The normalized spacial score (nSPS) is 21.0. The topological polar surface area (TPSA) is 58.1 Å². The number of hydrogen-bond donors (Lipinski definition) is 2. The molecule has 1 saturated heterocycles. The minimum atomic E-state index is 0.647. The molecule has 2 N–H and O–H groups in total. The lowest BCUT2D eigenvalue weighted by atomic mass is 9.92. The fourth-order valence-electron chi connectivity index (χ4n) is 3.88. The van der Waals surface area contributed by atoms with Gasteiger partial charge in [-0.25, -0.2) is 0 Å². The van der Waals surface area contributed by atoms with Crippen LogP contribution in [-0.4, -0.2) is 58.3 Å². The number of likely N-dealkylation sites (tertiary alicyclic amines) is 1. The highest BCUT2D eigenvalue weighted by Crippen LogP contribution is 2.24. The van der Waals surface area contributed by atoms with E-state index >= 15 is 0 Å². The van der Waals surface area contributed by atoms with Crippen LogP contribution < -0.4 is 20.1 Å². The van der Waals surface area contributed by atoms with E-state index in [0.717, 1.165) is 54.4 Å². The van der Waals surface area contributed by atoms with Crippen molar-refractivity contribution in [3.63, 3.8) is 0 Å². The predicted molar refractivity (Wildman–Crippen MR) is 112 cm³/mol. The van der Waals surface area contributed by atoms with Gasteiger partial charge in [0.25, 0.3) is 0 Å². The molecule has 0 bridgehead atoms. The van der Waals surface area contributed by atoms with Gasteiger partial charge in [0.15, 0.2) is 5.96 Å². The molecule has 1 heterocycles. The summed E-state index contributed by atoms with van der Waals surface area (Å²) in [7, 11) is 5.13. The van der Waals surface area contributed by atoms with E-state index in [2.05, 4.69) is 34.4 Å². The smallest absolute Gasteiger partial charge is 0.191 e. The van der Waals surface area contributed by atoms with E-state index in [-0.39, 0.29) is 0 Å². The Bertz CT molecular complexity index is 596. The van der Waals surface area contributed by atoms with Gasteiger partial charge in [0.1, 0.15) is 11.5 Å². The highest BCUT2D eigenvalue weighted by molar-refractivity contribution is 5.79. The Morgan fingerprint density at radius 3 is 2.52 bits per heavy atom. The molecule has 27 heavy (non-hydrogen) atoms. The fourth-order valence-corrected chi connectivity index (χ4v) is 3.88. The Labute approximate surface area is 164 Å². The summed E-state index contributed by atoms with van der Waals surface area (Å²) in [6, 6.07) is 5.85. The van der Waals surface area contributed by atoms with Gasteiger partial charge in [-0.2, -0.15) is 0 Å². The lowest BCUT2D eigenvalue weighted by Gasteiger charge is -2.35. The van der Waals surface area contributed by atoms with Crippen molar-refractivity contribution in [1.29, 1.82) is 0 Å². The molecule has 2 rings (SSSR count). The molecule has 6 nitrogen and oxygen atoms in total. The average molecular weight is 377 g/mol. The van der Waals surface area contributed by atoms with Crippen LogP contribution in [-0.2, 0) is 6.54 Å². The summed E-state index contributed by atoms with van der Waals surface area (Å²) in [5, 5.41) is 6.76. The number of benzene rings is 1. The van der Waals surface area contributed by atoms with Crippen LogP contribution in [0.15, 0.2) is 23.2 Å². The molecule has 1 aliphatic heterocycles. The highest BCUT2D eigenvalue weighted by Gasteiger charge is 2.20. The van der Waals surface area contributed by atoms with Crippen molar-refractivity contribution >= 4 is 5.96 Å². The zero-order chi connectivity index (χ0) is 19.6. The number of methoxy groups -OCH3 is 2. The Balaban J connectivity index is 1.73. The number of nitrogens with one attached hydrogen (secondary N) is 2. The van der Waals surface area contributed by atoms with E-state index in [4.69, 9.17) is 9.47 Å². The lowest BCUT2D eigenvalue weighted by Crippen LogP contribution is -2.41. The highest BCUT2D eigenvalue weighted by atomic mass is 16.5. The van der Waals surface area contributed by atoms with Crippen molar-refractivity contribution in [3.05, 3.63) is 23.8 Å². The molecule has 1 fully saturated rings. The second-order valence-electron chi connectivity index (χ2n) is 7.59. The molecule has 0 radical (unpaired) electrons. The average Bonchev–Trinajstić information content (AvgIpc) is 2.66. The standard InChI is InChI=1S/C21H36N4O2/c1-16-11-17(2)15-25(14-16)10-6-9-23-21(22-3)24-13-18-7-8-19(26-4)12-20(18)27-5/h7-8,12,16-17H,6,9-11,13-15H2,1-5H3,(H2,22,23,24). The third-order valence-electron chi connectivity index (χ3n) is 5.05. The number of ether oxygens (including phenoxy) is 2. The van der Waals surface area contributed by atoms with E-state index in [1.54, 1.807) is 21.3 Å². The molecule has 1 aliphatic rings. The summed E-state index contributed by atoms with van der Waals surface area (Å²) in [5.74, 6) is 4.05. The SMILES string of the molecule is CN=C(NCCCN1CC(C)CC(C)C1)NCc1ccc(OC)cc1OC. The molecule has 0 amide bonds. The zero-order valence-electron chi connectivity index (χ0n) is 17.5. The molecule has 1 aromatic carbocycles. The van der Waals surface area contributed by atoms with Crippen LogP contribution >= 0.6 is 0 Å². The summed E-state index contributed by atoms with van der Waals surface area (Å²) >= 11 is 0. The molecule has 6 heteroatoms. The van der Waals surface area contributed by atoms with Crippen molar-refractivity contribution in [2.24, 2.45) is 16.8 Å². The van der Waals surface area contributed by atoms with Crippen molar-refractivity contribution in [1.82, 2.24) is 15.5 Å². The zero-order valence-corrected chi connectivity index (χ0v) is 17.5. The molecular weight excluding hydrogens is 340 g/mol. The molecule has 1 aromatic rings. The summed E-state index contributed by atoms with van der Waals surface area (Å²) in [5.41, 5.74) is 1.07. The third-order valence-corrected chi connectivity index (χ3v) is 5.05. The maximum atomic E-state index is 5.45. The number of piperidine rings is 1. The first kappa shape index (κ1) is 21.4. The van der Waals surface area contributed by atoms with Gasteiger partial charge in [-0.1, -0.05) is 13.8 Å². The van der Waals surface area contributed by atoms with E-state index < -0.39 is 0 Å². The molecule has 152 valence electrons. The van der Waals surface area contributed by atoms with Gasteiger partial charge in [0.05, 0.1) is 14.2 Å². The maximum absolute atomic E-state index is 5.45. The first-order chi connectivity index (χ1) is 13.0. The van der Waals surface area contributed by atoms with E-state index in [1.165, 1.54) is 19.5 Å². The monoisotopic (exact) mass is 376 g/mol. The maximum Gasteiger partial charge on any atom is 0.191 e. The van der Waals surface area contributed by atoms with Gasteiger partial charge in [-0.3, -0.25) is 4.99 Å². The second-order valence-corrected chi connectivity index (χ2v) is 7.59. The van der Waals surface area contributed by atoms with Crippen LogP contribution in [0.5, 0.6) is 11.5 Å². The van der Waals surface area contributed by atoms with Crippen molar-refractivity contribution < 1.29 is 9.47 Å². The number of hydrogen-bond acceptors (Lipinski definition) is 4. The molecular formula is C21H36N4O2. The van der Waals surface area contributed by atoms with Gasteiger partial charge >= 0.3 is 0 Å². The van der Waals surface area contributed by atoms with Crippen LogP contribution in [0.4, 0.5) is 0 Å².